The number of ether oxygens (including phenoxy) is 2. The highest BCUT2D eigenvalue weighted by molar-refractivity contribution is 5.77. The average Bonchev–Trinajstić information content (AvgIpc) is 2.60. The summed E-state index contributed by atoms with van der Waals surface area (Å²) in [7, 11) is 3.30. The highest BCUT2D eigenvalue weighted by Gasteiger charge is 2.13. The van der Waals surface area contributed by atoms with E-state index in [0.29, 0.717) is 17.9 Å². The molecular weight excluding hydrogens is 292 g/mol. The van der Waals surface area contributed by atoms with Gasteiger partial charge in [-0.3, -0.25) is 4.79 Å². The number of rotatable bonds is 6. The maximum Gasteiger partial charge on any atom is 0.260 e. The third-order valence-electron chi connectivity index (χ3n) is 3.38. The van der Waals surface area contributed by atoms with Gasteiger partial charge in [0.2, 0.25) is 0 Å². The zero-order valence-corrected chi connectivity index (χ0v) is 13.2. The maximum absolute atomic E-state index is 12.2. The fraction of sp³-hybridized carbons (Fsp3) is 0.222. The third kappa shape index (κ3) is 4.24. The van der Waals surface area contributed by atoms with Crippen LogP contribution >= 0.6 is 0 Å². The van der Waals surface area contributed by atoms with Gasteiger partial charge in [0.15, 0.2) is 6.61 Å². The second-order valence-corrected chi connectivity index (χ2v) is 4.96. The Bertz CT molecular complexity index is 722. The van der Waals surface area contributed by atoms with Gasteiger partial charge in [0.25, 0.3) is 5.91 Å². The van der Waals surface area contributed by atoms with Crippen molar-refractivity contribution in [2.24, 2.45) is 0 Å². The Kier molecular flexibility index (Phi) is 5.59. The molecule has 0 unspecified atom stereocenters. The molecule has 0 aliphatic carbocycles. The van der Waals surface area contributed by atoms with Crippen LogP contribution in [-0.2, 0) is 11.3 Å². The largest absolute Gasteiger partial charge is 0.496 e. The van der Waals surface area contributed by atoms with E-state index < -0.39 is 0 Å². The Hall–Kier alpha value is -3.00. The summed E-state index contributed by atoms with van der Waals surface area (Å²) in [4.78, 5) is 13.8. The third-order valence-corrected chi connectivity index (χ3v) is 3.38. The van der Waals surface area contributed by atoms with Crippen molar-refractivity contribution in [3.63, 3.8) is 0 Å². The van der Waals surface area contributed by atoms with Crippen molar-refractivity contribution in [3.05, 3.63) is 59.7 Å². The van der Waals surface area contributed by atoms with Gasteiger partial charge in [0.05, 0.1) is 12.7 Å². The van der Waals surface area contributed by atoms with Gasteiger partial charge in [-0.25, -0.2) is 0 Å². The number of benzene rings is 2. The minimum Gasteiger partial charge on any atom is -0.496 e. The van der Waals surface area contributed by atoms with Gasteiger partial charge in [-0.05, 0) is 18.2 Å². The Balaban J connectivity index is 1.97. The second kappa shape index (κ2) is 7.85. The summed E-state index contributed by atoms with van der Waals surface area (Å²) < 4.78 is 10.7. The number of hydrogen-bond acceptors (Lipinski definition) is 4. The first-order valence-electron chi connectivity index (χ1n) is 7.13. The van der Waals surface area contributed by atoms with E-state index in [1.165, 1.54) is 0 Å². The van der Waals surface area contributed by atoms with E-state index in [-0.39, 0.29) is 12.5 Å². The predicted octanol–water partition coefficient (Wildman–Crippen LogP) is 2.60. The molecule has 0 spiro atoms. The molecule has 0 saturated carbocycles. The molecule has 0 bridgehead atoms. The van der Waals surface area contributed by atoms with Crippen LogP contribution in [0.5, 0.6) is 11.5 Å². The van der Waals surface area contributed by atoms with Crippen molar-refractivity contribution >= 4 is 5.91 Å². The van der Waals surface area contributed by atoms with Gasteiger partial charge in [-0.15, -0.1) is 0 Å². The average molecular weight is 310 g/mol. The molecule has 0 N–H and O–H groups in total. The number of para-hydroxylation sites is 2. The van der Waals surface area contributed by atoms with Crippen LogP contribution < -0.4 is 9.47 Å². The van der Waals surface area contributed by atoms with Crippen molar-refractivity contribution < 1.29 is 14.3 Å². The molecule has 5 nitrogen and oxygen atoms in total. The number of hydrogen-bond donors (Lipinski definition) is 0. The number of nitrogens with zero attached hydrogens (tertiary/aromatic N) is 2. The minimum absolute atomic E-state index is 0.121. The predicted molar refractivity (Wildman–Crippen MR) is 86.1 cm³/mol. The smallest absolute Gasteiger partial charge is 0.260 e. The standard InChI is InChI=1S/C18H18N2O3/c1-20(12-15-8-4-5-9-16(15)22-2)18(21)13-23-17-10-6-3-7-14(17)11-19/h3-10H,12-13H2,1-2H3. The van der Waals surface area contributed by atoms with Crippen molar-refractivity contribution in [3.8, 4) is 17.6 Å². The topological polar surface area (TPSA) is 62.6 Å². The van der Waals surface area contributed by atoms with E-state index in [9.17, 15) is 4.79 Å². The molecule has 0 saturated heterocycles. The molecule has 0 aliphatic rings. The molecule has 118 valence electrons. The second-order valence-electron chi connectivity index (χ2n) is 4.96. The van der Waals surface area contributed by atoms with E-state index in [0.717, 1.165) is 11.3 Å². The summed E-state index contributed by atoms with van der Waals surface area (Å²) in [6.45, 7) is 0.302. The van der Waals surface area contributed by atoms with E-state index >= 15 is 0 Å². The molecule has 0 aliphatic heterocycles. The lowest BCUT2D eigenvalue weighted by atomic mass is 10.2. The van der Waals surface area contributed by atoms with E-state index in [4.69, 9.17) is 14.7 Å². The van der Waals surface area contributed by atoms with Crippen LogP contribution in [-0.4, -0.2) is 31.6 Å². The molecule has 2 rings (SSSR count). The highest BCUT2D eigenvalue weighted by atomic mass is 16.5. The summed E-state index contributed by atoms with van der Waals surface area (Å²) >= 11 is 0. The normalized spacial score (nSPS) is 9.78. The summed E-state index contributed by atoms with van der Waals surface area (Å²) in [5.74, 6) is 0.973. The van der Waals surface area contributed by atoms with E-state index in [1.54, 1.807) is 43.3 Å². The maximum atomic E-state index is 12.2. The lowest BCUT2D eigenvalue weighted by Crippen LogP contribution is -2.31. The van der Waals surface area contributed by atoms with Gasteiger partial charge in [-0.1, -0.05) is 30.3 Å². The van der Waals surface area contributed by atoms with Crippen LogP contribution in [0.25, 0.3) is 0 Å². The van der Waals surface area contributed by atoms with Gasteiger partial charge in [0, 0.05) is 19.2 Å². The molecule has 2 aromatic carbocycles. The molecule has 2 aromatic rings. The van der Waals surface area contributed by atoms with Gasteiger partial charge in [-0.2, -0.15) is 5.26 Å². The Labute approximate surface area is 135 Å². The molecule has 0 heterocycles. The van der Waals surface area contributed by atoms with Gasteiger partial charge in [0.1, 0.15) is 17.6 Å². The Morgan fingerprint density at radius 1 is 1.13 bits per heavy atom. The van der Waals surface area contributed by atoms with Crippen LogP contribution in [0.4, 0.5) is 0 Å². The summed E-state index contributed by atoms with van der Waals surface area (Å²) in [6, 6.07) is 16.4. The monoisotopic (exact) mass is 310 g/mol. The van der Waals surface area contributed by atoms with Gasteiger partial charge < -0.3 is 14.4 Å². The van der Waals surface area contributed by atoms with Crippen LogP contribution in [0, 0.1) is 11.3 Å². The molecule has 0 atom stereocenters. The lowest BCUT2D eigenvalue weighted by molar-refractivity contribution is -0.132. The number of carbonyl (C=O) groups excluding carboxylic acids is 1. The van der Waals surface area contributed by atoms with Crippen molar-refractivity contribution in [1.29, 1.82) is 5.26 Å². The zero-order valence-electron chi connectivity index (χ0n) is 13.2. The van der Waals surface area contributed by atoms with Crippen molar-refractivity contribution in [1.82, 2.24) is 4.90 Å². The lowest BCUT2D eigenvalue weighted by Gasteiger charge is -2.19. The number of carbonyl (C=O) groups is 1. The van der Waals surface area contributed by atoms with E-state index in [1.807, 2.05) is 30.3 Å². The minimum atomic E-state index is -0.177. The summed E-state index contributed by atoms with van der Waals surface area (Å²) in [6.07, 6.45) is 0. The fourth-order valence-corrected chi connectivity index (χ4v) is 2.11. The first-order chi connectivity index (χ1) is 11.2. The molecule has 0 radical (unpaired) electrons. The SMILES string of the molecule is COc1ccccc1CN(C)C(=O)COc1ccccc1C#N. The highest BCUT2D eigenvalue weighted by Crippen LogP contribution is 2.19. The van der Waals surface area contributed by atoms with Crippen LogP contribution in [0.15, 0.2) is 48.5 Å². The number of methoxy groups -OCH3 is 1. The first kappa shape index (κ1) is 16.4. The Morgan fingerprint density at radius 2 is 1.78 bits per heavy atom. The molecular formula is C18H18N2O3. The number of amides is 1. The fourth-order valence-electron chi connectivity index (χ4n) is 2.11. The molecule has 0 fully saturated rings. The molecule has 23 heavy (non-hydrogen) atoms. The number of nitriles is 1. The zero-order chi connectivity index (χ0) is 16.7. The summed E-state index contributed by atoms with van der Waals surface area (Å²) in [5, 5.41) is 9.01. The molecule has 1 amide bonds. The quantitative estimate of drug-likeness (QED) is 0.823. The van der Waals surface area contributed by atoms with E-state index in [2.05, 4.69) is 0 Å². The molecule has 5 heteroatoms. The summed E-state index contributed by atoms with van der Waals surface area (Å²) in [5.41, 5.74) is 1.33. The van der Waals surface area contributed by atoms with Crippen LogP contribution in [0.1, 0.15) is 11.1 Å². The Morgan fingerprint density at radius 3 is 2.48 bits per heavy atom. The first-order valence-corrected chi connectivity index (χ1v) is 7.13. The van der Waals surface area contributed by atoms with Crippen molar-refractivity contribution in [2.45, 2.75) is 6.54 Å². The molecule has 0 aromatic heterocycles. The number of likely N-dealkylation sites (N-methyl/N-ethyl adjacent to an activating group) is 1. The van der Waals surface area contributed by atoms with Crippen LogP contribution in [0.3, 0.4) is 0 Å². The van der Waals surface area contributed by atoms with Gasteiger partial charge >= 0.3 is 0 Å². The van der Waals surface area contributed by atoms with Crippen molar-refractivity contribution in [2.75, 3.05) is 20.8 Å². The van der Waals surface area contributed by atoms with Crippen LogP contribution in [0.2, 0.25) is 0 Å².